The molecule has 3 heteroatoms. The van der Waals surface area contributed by atoms with Gasteiger partial charge in [0.2, 0.25) is 0 Å². The van der Waals surface area contributed by atoms with Crippen LogP contribution < -0.4 is 5.32 Å². The van der Waals surface area contributed by atoms with E-state index in [-0.39, 0.29) is 11.9 Å². The summed E-state index contributed by atoms with van der Waals surface area (Å²) in [6.45, 7) is 7.16. The molecule has 2 rings (SSSR count). The third-order valence-electron chi connectivity index (χ3n) is 3.40. The van der Waals surface area contributed by atoms with Gasteiger partial charge in [0.05, 0.1) is 12.2 Å². The van der Waals surface area contributed by atoms with Crippen LogP contribution in [0.3, 0.4) is 0 Å². The summed E-state index contributed by atoms with van der Waals surface area (Å²) in [6.07, 6.45) is 4.01. The molecular formula is C17H21FN2. The number of halogens is 1. The molecule has 0 saturated carbocycles. The van der Waals surface area contributed by atoms with E-state index in [1.54, 1.807) is 12.3 Å². The molecule has 0 amide bonds. The Labute approximate surface area is 120 Å². The van der Waals surface area contributed by atoms with Crippen molar-refractivity contribution < 1.29 is 4.39 Å². The van der Waals surface area contributed by atoms with Crippen molar-refractivity contribution in [3.63, 3.8) is 0 Å². The second-order valence-corrected chi connectivity index (χ2v) is 5.18. The molecule has 1 unspecified atom stereocenters. The van der Waals surface area contributed by atoms with Gasteiger partial charge in [-0.1, -0.05) is 30.7 Å². The maximum atomic E-state index is 13.5. The molecule has 106 valence electrons. The molecule has 0 aliphatic heterocycles. The van der Waals surface area contributed by atoms with Crippen molar-refractivity contribution in [2.45, 2.75) is 33.2 Å². The van der Waals surface area contributed by atoms with E-state index in [1.807, 2.05) is 0 Å². The van der Waals surface area contributed by atoms with E-state index in [1.165, 1.54) is 22.9 Å². The average Bonchev–Trinajstić information content (AvgIpc) is 2.43. The minimum absolute atomic E-state index is 0.0157. The van der Waals surface area contributed by atoms with Crippen molar-refractivity contribution in [1.29, 1.82) is 0 Å². The lowest BCUT2D eigenvalue weighted by molar-refractivity contribution is 0.578. The number of hydrogen-bond acceptors (Lipinski definition) is 2. The number of pyridine rings is 1. The number of benzene rings is 1. The maximum absolute atomic E-state index is 13.5. The van der Waals surface area contributed by atoms with Gasteiger partial charge in [-0.3, -0.25) is 4.98 Å². The van der Waals surface area contributed by atoms with Crippen LogP contribution in [-0.2, 0) is 0 Å². The summed E-state index contributed by atoms with van der Waals surface area (Å²) in [5.74, 6) is -0.295. The topological polar surface area (TPSA) is 24.9 Å². The fourth-order valence-corrected chi connectivity index (χ4v) is 2.35. The predicted octanol–water partition coefficient (Wildman–Crippen LogP) is 3.93. The van der Waals surface area contributed by atoms with E-state index in [9.17, 15) is 4.39 Å². The number of nitrogens with zero attached hydrogens (tertiary/aromatic N) is 1. The molecule has 0 radical (unpaired) electrons. The molecule has 0 saturated heterocycles. The lowest BCUT2D eigenvalue weighted by Gasteiger charge is -2.21. The fraction of sp³-hybridized carbons (Fsp3) is 0.353. The molecule has 2 aromatic rings. The average molecular weight is 272 g/mol. The van der Waals surface area contributed by atoms with Crippen LogP contribution in [0.2, 0.25) is 0 Å². The lowest BCUT2D eigenvalue weighted by atomic mass is 9.94. The number of nitrogens with one attached hydrogen (secondary N) is 1. The molecule has 1 aromatic heterocycles. The summed E-state index contributed by atoms with van der Waals surface area (Å²) in [4.78, 5) is 3.98. The summed E-state index contributed by atoms with van der Waals surface area (Å²) in [7, 11) is 0. The van der Waals surface area contributed by atoms with Gasteiger partial charge in [-0.2, -0.15) is 0 Å². The van der Waals surface area contributed by atoms with E-state index in [4.69, 9.17) is 0 Å². The Bertz CT molecular complexity index is 581. The van der Waals surface area contributed by atoms with E-state index in [0.29, 0.717) is 0 Å². The maximum Gasteiger partial charge on any atom is 0.141 e. The molecule has 20 heavy (non-hydrogen) atoms. The monoisotopic (exact) mass is 272 g/mol. The van der Waals surface area contributed by atoms with Crippen LogP contribution >= 0.6 is 0 Å². The molecule has 2 nitrogen and oxygen atoms in total. The Morgan fingerprint density at radius 1 is 1.20 bits per heavy atom. The first-order valence-electron chi connectivity index (χ1n) is 7.02. The first kappa shape index (κ1) is 14.7. The third-order valence-corrected chi connectivity index (χ3v) is 3.40. The Morgan fingerprint density at radius 2 is 2.00 bits per heavy atom. The highest BCUT2D eigenvalue weighted by atomic mass is 19.1. The van der Waals surface area contributed by atoms with Crippen LogP contribution in [0.1, 0.15) is 41.6 Å². The van der Waals surface area contributed by atoms with Gasteiger partial charge in [-0.25, -0.2) is 4.39 Å². The van der Waals surface area contributed by atoms with Crippen molar-refractivity contribution in [2.75, 3.05) is 6.54 Å². The van der Waals surface area contributed by atoms with Crippen molar-refractivity contribution in [3.8, 4) is 0 Å². The number of rotatable bonds is 5. The summed E-state index contributed by atoms with van der Waals surface area (Å²) >= 11 is 0. The first-order valence-corrected chi connectivity index (χ1v) is 7.02. The zero-order chi connectivity index (χ0) is 14.5. The van der Waals surface area contributed by atoms with Crippen molar-refractivity contribution in [1.82, 2.24) is 10.3 Å². The summed E-state index contributed by atoms with van der Waals surface area (Å²) in [5.41, 5.74) is 4.46. The quantitative estimate of drug-likeness (QED) is 0.892. The second-order valence-electron chi connectivity index (χ2n) is 5.18. The largest absolute Gasteiger partial charge is 0.306 e. The Kier molecular flexibility index (Phi) is 4.85. The Morgan fingerprint density at radius 3 is 2.70 bits per heavy atom. The van der Waals surface area contributed by atoms with Crippen LogP contribution in [-0.4, -0.2) is 11.5 Å². The number of hydrogen-bond donors (Lipinski definition) is 1. The SMILES string of the molecule is CCCNC(c1cncc(F)c1)c1cc(C)ccc1C. The Balaban J connectivity index is 2.44. The normalized spacial score (nSPS) is 12.4. The van der Waals surface area contributed by atoms with Crippen molar-refractivity contribution in [2.24, 2.45) is 0 Å². The van der Waals surface area contributed by atoms with Crippen LogP contribution in [0.15, 0.2) is 36.7 Å². The molecule has 1 atom stereocenters. The zero-order valence-corrected chi connectivity index (χ0v) is 12.3. The molecule has 0 bridgehead atoms. The smallest absolute Gasteiger partial charge is 0.141 e. The highest BCUT2D eigenvalue weighted by Gasteiger charge is 2.16. The van der Waals surface area contributed by atoms with E-state index >= 15 is 0 Å². The standard InChI is InChI=1S/C17H21FN2/c1-4-7-20-17(14-9-15(18)11-19-10-14)16-8-12(2)5-6-13(16)3/h5-6,8-11,17,20H,4,7H2,1-3H3. The van der Waals surface area contributed by atoms with E-state index in [2.05, 4.69) is 49.3 Å². The van der Waals surface area contributed by atoms with Gasteiger partial charge in [-0.15, -0.1) is 0 Å². The van der Waals surface area contributed by atoms with Gasteiger partial charge < -0.3 is 5.32 Å². The zero-order valence-electron chi connectivity index (χ0n) is 12.3. The van der Waals surface area contributed by atoms with Gasteiger partial charge in [0, 0.05) is 6.20 Å². The molecule has 1 aromatic carbocycles. The lowest BCUT2D eigenvalue weighted by Crippen LogP contribution is -2.24. The molecule has 0 aliphatic carbocycles. The third kappa shape index (κ3) is 3.42. The van der Waals surface area contributed by atoms with Crippen LogP contribution in [0, 0.1) is 19.7 Å². The summed E-state index contributed by atoms with van der Waals surface area (Å²) in [5, 5.41) is 3.49. The van der Waals surface area contributed by atoms with Crippen LogP contribution in [0.25, 0.3) is 0 Å². The van der Waals surface area contributed by atoms with Crippen molar-refractivity contribution >= 4 is 0 Å². The van der Waals surface area contributed by atoms with Gasteiger partial charge in [0.25, 0.3) is 0 Å². The highest BCUT2D eigenvalue weighted by Crippen LogP contribution is 2.26. The van der Waals surface area contributed by atoms with Crippen LogP contribution in [0.4, 0.5) is 4.39 Å². The van der Waals surface area contributed by atoms with Crippen LogP contribution in [0.5, 0.6) is 0 Å². The molecule has 0 fully saturated rings. The van der Waals surface area contributed by atoms with E-state index < -0.39 is 0 Å². The van der Waals surface area contributed by atoms with E-state index in [0.717, 1.165) is 18.5 Å². The summed E-state index contributed by atoms with van der Waals surface area (Å²) < 4.78 is 13.5. The number of aromatic nitrogens is 1. The first-order chi connectivity index (χ1) is 9.61. The fourth-order valence-electron chi connectivity index (χ4n) is 2.35. The molecule has 1 heterocycles. The Hall–Kier alpha value is -1.74. The minimum atomic E-state index is -0.295. The van der Waals surface area contributed by atoms with Gasteiger partial charge in [-0.05, 0) is 49.6 Å². The molecule has 1 N–H and O–H groups in total. The molecule has 0 aliphatic rings. The summed E-state index contributed by atoms with van der Waals surface area (Å²) in [6, 6.07) is 7.91. The minimum Gasteiger partial charge on any atom is -0.306 e. The molecular weight excluding hydrogens is 251 g/mol. The molecule has 0 spiro atoms. The number of aryl methyl sites for hydroxylation is 2. The van der Waals surface area contributed by atoms with Crippen molar-refractivity contribution in [3.05, 3.63) is 64.7 Å². The van der Waals surface area contributed by atoms with Gasteiger partial charge in [0.15, 0.2) is 0 Å². The second kappa shape index (κ2) is 6.62. The predicted molar refractivity (Wildman–Crippen MR) is 80.2 cm³/mol. The van der Waals surface area contributed by atoms with Gasteiger partial charge >= 0.3 is 0 Å². The highest BCUT2D eigenvalue weighted by molar-refractivity contribution is 5.38. The van der Waals surface area contributed by atoms with Gasteiger partial charge in [0.1, 0.15) is 5.82 Å².